The molecule has 0 bridgehead atoms. The molecule has 3 nitrogen and oxygen atoms in total. The van der Waals surface area contributed by atoms with Gasteiger partial charge in [-0.15, -0.1) is 0 Å². The Morgan fingerprint density at radius 2 is 1.63 bits per heavy atom. The topological polar surface area (TPSA) is 60.2 Å². The van der Waals surface area contributed by atoms with Gasteiger partial charge in [0.2, 0.25) is 0 Å². The van der Waals surface area contributed by atoms with Gasteiger partial charge in [-0.3, -0.25) is 0 Å². The molecule has 0 aliphatic heterocycles. The molecular weight excluding hydrogens is 272 g/mol. The van der Waals surface area contributed by atoms with Crippen LogP contribution in [0.1, 0.15) is 5.56 Å². The normalized spacial score (nSPS) is 11.5. The minimum Gasteiger partial charge on any atom is -0.399 e. The molecule has 2 N–H and O–H groups in total. The lowest BCUT2D eigenvalue weighted by Crippen LogP contribution is -2.08. The quantitative estimate of drug-likeness (QED) is 0.880. The minimum absolute atomic E-state index is 0.409. The van der Waals surface area contributed by atoms with Gasteiger partial charge in [-0.2, -0.15) is 0 Å². The summed E-state index contributed by atoms with van der Waals surface area (Å²) in [6, 6.07) is 8.51. The third-order valence-electron chi connectivity index (χ3n) is 2.56. The zero-order valence-electron chi connectivity index (χ0n) is 9.81. The third kappa shape index (κ3) is 3.08. The number of halogens is 2. The van der Waals surface area contributed by atoms with Crippen molar-refractivity contribution in [2.45, 2.75) is 10.6 Å². The number of nitrogen functional groups attached to an aromatic ring is 1. The number of rotatable bonds is 3. The summed E-state index contributed by atoms with van der Waals surface area (Å²) >= 11 is 0. The second kappa shape index (κ2) is 4.97. The molecule has 2 rings (SSSR count). The molecule has 0 saturated heterocycles. The highest BCUT2D eigenvalue weighted by Gasteiger charge is 2.20. The van der Waals surface area contributed by atoms with Crippen LogP contribution >= 0.6 is 0 Å². The second-order valence-corrected chi connectivity index (χ2v) is 6.03. The lowest BCUT2D eigenvalue weighted by molar-refractivity contribution is 0.553. The summed E-state index contributed by atoms with van der Waals surface area (Å²) in [6.07, 6.45) is 0. The predicted molar refractivity (Wildman–Crippen MR) is 68.1 cm³/mol. The molecular formula is C13H11F2NO2S. The molecule has 0 aliphatic rings. The molecule has 0 aliphatic carbocycles. The van der Waals surface area contributed by atoms with Crippen LogP contribution in [0, 0.1) is 11.6 Å². The molecule has 0 saturated carbocycles. The molecule has 6 heteroatoms. The van der Waals surface area contributed by atoms with Crippen LogP contribution in [0.2, 0.25) is 0 Å². The van der Waals surface area contributed by atoms with Crippen molar-refractivity contribution in [3.63, 3.8) is 0 Å². The first-order chi connectivity index (χ1) is 8.88. The van der Waals surface area contributed by atoms with Gasteiger partial charge in [0, 0.05) is 5.69 Å². The summed E-state index contributed by atoms with van der Waals surface area (Å²) in [6.45, 7) is 0. The smallest absolute Gasteiger partial charge is 0.185 e. The van der Waals surface area contributed by atoms with Gasteiger partial charge in [0.05, 0.1) is 5.75 Å². The fourth-order valence-corrected chi connectivity index (χ4v) is 3.07. The summed E-state index contributed by atoms with van der Waals surface area (Å²) in [4.78, 5) is -0.635. The van der Waals surface area contributed by atoms with E-state index in [1.165, 1.54) is 12.1 Å². The molecule has 0 radical (unpaired) electrons. The summed E-state index contributed by atoms with van der Waals surface area (Å²) in [7, 11) is -3.94. The summed E-state index contributed by atoms with van der Waals surface area (Å²) in [5, 5.41) is 0. The Morgan fingerprint density at radius 3 is 2.26 bits per heavy atom. The van der Waals surface area contributed by atoms with Gasteiger partial charge in [0.15, 0.2) is 9.84 Å². The maximum Gasteiger partial charge on any atom is 0.185 e. The van der Waals surface area contributed by atoms with E-state index in [0.29, 0.717) is 17.3 Å². The van der Waals surface area contributed by atoms with E-state index in [1.807, 2.05) is 0 Å². The van der Waals surface area contributed by atoms with E-state index in [1.54, 1.807) is 12.1 Å². The molecule has 2 aromatic carbocycles. The van der Waals surface area contributed by atoms with Gasteiger partial charge in [-0.1, -0.05) is 12.1 Å². The first-order valence-electron chi connectivity index (χ1n) is 5.41. The lowest BCUT2D eigenvalue weighted by atomic mass is 10.2. The van der Waals surface area contributed by atoms with Crippen molar-refractivity contribution in [1.29, 1.82) is 0 Å². The lowest BCUT2D eigenvalue weighted by Gasteiger charge is -2.06. The first kappa shape index (κ1) is 13.5. The van der Waals surface area contributed by atoms with Crippen molar-refractivity contribution < 1.29 is 17.2 Å². The molecule has 2 aromatic rings. The number of hydrogen-bond acceptors (Lipinski definition) is 3. The Bertz CT molecular complexity index is 697. The van der Waals surface area contributed by atoms with Gasteiger partial charge in [-0.05, 0) is 35.9 Å². The van der Waals surface area contributed by atoms with Crippen molar-refractivity contribution in [2.24, 2.45) is 0 Å². The maximum absolute atomic E-state index is 13.5. The Balaban J connectivity index is 2.37. The highest BCUT2D eigenvalue weighted by molar-refractivity contribution is 7.90. The van der Waals surface area contributed by atoms with Crippen molar-refractivity contribution in [3.05, 3.63) is 59.7 Å². The number of nitrogens with two attached hydrogens (primary N) is 1. The van der Waals surface area contributed by atoms with Crippen molar-refractivity contribution >= 4 is 15.5 Å². The maximum atomic E-state index is 13.5. The van der Waals surface area contributed by atoms with Gasteiger partial charge in [0.25, 0.3) is 0 Å². The van der Waals surface area contributed by atoms with E-state index in [2.05, 4.69) is 0 Å². The second-order valence-electron chi connectivity index (χ2n) is 4.08. The Morgan fingerprint density at radius 1 is 1.00 bits per heavy atom. The van der Waals surface area contributed by atoms with E-state index in [0.717, 1.165) is 12.1 Å². The average Bonchev–Trinajstić information content (AvgIpc) is 2.35. The van der Waals surface area contributed by atoms with E-state index in [9.17, 15) is 17.2 Å². The molecule has 19 heavy (non-hydrogen) atoms. The average molecular weight is 283 g/mol. The minimum atomic E-state index is -3.94. The Kier molecular flexibility index (Phi) is 3.53. The van der Waals surface area contributed by atoms with E-state index in [4.69, 9.17) is 5.73 Å². The van der Waals surface area contributed by atoms with Crippen LogP contribution < -0.4 is 5.73 Å². The largest absolute Gasteiger partial charge is 0.399 e. The predicted octanol–water partition coefficient (Wildman–Crippen LogP) is 2.52. The fourth-order valence-electron chi connectivity index (χ4n) is 1.63. The number of sulfone groups is 1. The number of hydrogen-bond donors (Lipinski definition) is 1. The summed E-state index contributed by atoms with van der Waals surface area (Å²) in [5.41, 5.74) is 6.44. The van der Waals surface area contributed by atoms with Gasteiger partial charge < -0.3 is 5.73 Å². The van der Waals surface area contributed by atoms with E-state index in [-0.39, 0.29) is 0 Å². The van der Waals surface area contributed by atoms with Crippen molar-refractivity contribution in [2.75, 3.05) is 5.73 Å². The van der Waals surface area contributed by atoms with Gasteiger partial charge in [0.1, 0.15) is 16.5 Å². The van der Waals surface area contributed by atoms with Crippen LogP contribution in [0.15, 0.2) is 47.4 Å². The molecule has 0 fully saturated rings. The summed E-state index contributed by atoms with van der Waals surface area (Å²) < 4.78 is 50.5. The molecule has 0 amide bonds. The van der Waals surface area contributed by atoms with Crippen LogP contribution in [0.5, 0.6) is 0 Å². The fraction of sp³-hybridized carbons (Fsp3) is 0.0769. The summed E-state index contributed by atoms with van der Waals surface area (Å²) in [5.74, 6) is -2.16. The van der Waals surface area contributed by atoms with Crippen LogP contribution in [-0.2, 0) is 15.6 Å². The monoisotopic (exact) mass is 283 g/mol. The third-order valence-corrected chi connectivity index (χ3v) is 4.26. The molecule has 0 spiro atoms. The van der Waals surface area contributed by atoms with Crippen LogP contribution in [0.3, 0.4) is 0 Å². The van der Waals surface area contributed by atoms with E-state index >= 15 is 0 Å². The Labute approximate surface area is 109 Å². The Hall–Kier alpha value is -1.95. The van der Waals surface area contributed by atoms with Crippen LogP contribution in [0.25, 0.3) is 0 Å². The van der Waals surface area contributed by atoms with Gasteiger partial charge >= 0.3 is 0 Å². The standard InChI is InChI=1S/C13H11F2NO2S/c14-10-3-6-12(15)13(7-10)19(17,18)8-9-1-4-11(16)5-2-9/h1-7H,8,16H2. The zero-order chi connectivity index (χ0) is 14.0. The number of anilines is 1. The van der Waals surface area contributed by atoms with Crippen molar-refractivity contribution in [1.82, 2.24) is 0 Å². The molecule has 0 aromatic heterocycles. The van der Waals surface area contributed by atoms with Crippen LogP contribution in [-0.4, -0.2) is 8.42 Å². The highest BCUT2D eigenvalue weighted by Crippen LogP contribution is 2.21. The highest BCUT2D eigenvalue weighted by atomic mass is 32.2. The molecule has 0 heterocycles. The zero-order valence-corrected chi connectivity index (χ0v) is 10.6. The van der Waals surface area contributed by atoms with Crippen molar-refractivity contribution in [3.8, 4) is 0 Å². The van der Waals surface area contributed by atoms with Crippen LogP contribution in [0.4, 0.5) is 14.5 Å². The molecule has 0 atom stereocenters. The SMILES string of the molecule is Nc1ccc(CS(=O)(=O)c2cc(F)ccc2F)cc1. The molecule has 100 valence electrons. The van der Waals surface area contributed by atoms with E-state index < -0.39 is 32.1 Å². The molecule has 0 unspecified atom stereocenters. The first-order valence-corrected chi connectivity index (χ1v) is 7.06. The number of benzene rings is 2. The van der Waals surface area contributed by atoms with Gasteiger partial charge in [-0.25, -0.2) is 17.2 Å².